The maximum absolute atomic E-state index is 11.6. The van der Waals surface area contributed by atoms with Crippen LogP contribution in [0.1, 0.15) is 42.0 Å². The van der Waals surface area contributed by atoms with Gasteiger partial charge in [0.2, 0.25) is 0 Å². The van der Waals surface area contributed by atoms with Gasteiger partial charge in [0.15, 0.2) is 0 Å². The molecule has 0 atom stereocenters. The molecule has 0 saturated heterocycles. The Kier molecular flexibility index (Phi) is 5.46. The summed E-state index contributed by atoms with van der Waals surface area (Å²) in [6, 6.07) is 14.0. The Hall–Kier alpha value is -1.73. The highest BCUT2D eigenvalue weighted by Crippen LogP contribution is 2.22. The van der Waals surface area contributed by atoms with E-state index in [0.29, 0.717) is 10.6 Å². The largest absolute Gasteiger partial charge is 0.872 e. The highest BCUT2D eigenvalue weighted by Gasteiger charge is 2.04. The van der Waals surface area contributed by atoms with Crippen molar-refractivity contribution in [2.45, 2.75) is 32.6 Å². The maximum atomic E-state index is 11.6. The normalized spacial score (nSPS) is 10.6. The molecule has 0 heterocycles. The van der Waals surface area contributed by atoms with Crippen LogP contribution in [0.5, 0.6) is 0 Å². The fourth-order valence-electron chi connectivity index (χ4n) is 2.39. The molecule has 0 aliphatic heterocycles. The first-order chi connectivity index (χ1) is 10.1. The Labute approximate surface area is 131 Å². The van der Waals surface area contributed by atoms with Crippen molar-refractivity contribution >= 4 is 17.4 Å². The van der Waals surface area contributed by atoms with Crippen molar-refractivity contribution in [1.29, 1.82) is 0 Å². The lowest BCUT2D eigenvalue weighted by Crippen LogP contribution is -2.04. The molecule has 0 radical (unpaired) electrons. The van der Waals surface area contributed by atoms with Gasteiger partial charge in [0.05, 0.1) is 0 Å². The van der Waals surface area contributed by atoms with E-state index < -0.39 is 0 Å². The molecule has 0 aliphatic rings. The van der Waals surface area contributed by atoms with Crippen molar-refractivity contribution in [2.75, 3.05) is 0 Å². The zero-order valence-electron chi connectivity index (χ0n) is 12.4. The van der Waals surface area contributed by atoms with E-state index in [9.17, 15) is 5.11 Å². The quantitative estimate of drug-likeness (QED) is 0.715. The number of rotatable bonds is 6. The highest BCUT2D eigenvalue weighted by atomic mass is 35.5. The van der Waals surface area contributed by atoms with Gasteiger partial charge in [-0.3, -0.25) is 0 Å². The monoisotopic (exact) mass is 299 g/mol. The van der Waals surface area contributed by atoms with Crippen molar-refractivity contribution in [3.8, 4) is 0 Å². The molecule has 2 aromatic rings. The van der Waals surface area contributed by atoms with Gasteiger partial charge < -0.3 is 5.11 Å². The number of hydrogen-bond acceptors (Lipinski definition) is 1. The Morgan fingerprint density at radius 1 is 1.10 bits per heavy atom. The van der Waals surface area contributed by atoms with E-state index in [1.54, 1.807) is 6.07 Å². The molecule has 0 spiro atoms. The van der Waals surface area contributed by atoms with Crippen LogP contribution in [-0.4, -0.2) is 0 Å². The maximum Gasteiger partial charge on any atom is 0.0411 e. The lowest BCUT2D eigenvalue weighted by Gasteiger charge is -2.16. The van der Waals surface area contributed by atoms with Crippen LogP contribution < -0.4 is 5.11 Å². The average Bonchev–Trinajstić information content (AvgIpc) is 2.48. The van der Waals surface area contributed by atoms with Gasteiger partial charge in [0.25, 0.3) is 0 Å². The van der Waals surface area contributed by atoms with E-state index in [0.717, 1.165) is 18.4 Å². The van der Waals surface area contributed by atoms with Gasteiger partial charge in [-0.1, -0.05) is 55.3 Å². The topological polar surface area (TPSA) is 23.1 Å². The Balaban J connectivity index is 2.16. The molecule has 0 amide bonds. The minimum Gasteiger partial charge on any atom is -0.872 e. The summed E-state index contributed by atoms with van der Waals surface area (Å²) < 4.78 is 0. The van der Waals surface area contributed by atoms with E-state index in [1.165, 1.54) is 24.0 Å². The lowest BCUT2D eigenvalue weighted by atomic mass is 9.97. The molecule has 0 aliphatic carbocycles. The summed E-state index contributed by atoms with van der Waals surface area (Å²) in [5, 5.41) is 12.2. The van der Waals surface area contributed by atoms with Crippen molar-refractivity contribution < 1.29 is 5.11 Å². The van der Waals surface area contributed by atoms with Gasteiger partial charge in [0, 0.05) is 5.02 Å². The van der Waals surface area contributed by atoms with Crippen LogP contribution in [-0.2, 0) is 12.8 Å². The SMILES string of the molecule is C=C([O-])c1cc(Cl)ccc1Cc1ccc(CCCC)cc1. The molecular weight excluding hydrogens is 280 g/mol. The predicted octanol–water partition coefficient (Wildman–Crippen LogP) is 4.60. The molecule has 2 aromatic carbocycles. The van der Waals surface area contributed by atoms with Crippen LogP contribution in [0.25, 0.3) is 5.76 Å². The Morgan fingerprint density at radius 2 is 1.76 bits per heavy atom. The summed E-state index contributed by atoms with van der Waals surface area (Å²) in [5.74, 6) is -0.188. The van der Waals surface area contributed by atoms with Crippen molar-refractivity contribution in [1.82, 2.24) is 0 Å². The van der Waals surface area contributed by atoms with E-state index in [1.807, 2.05) is 12.1 Å². The lowest BCUT2D eigenvalue weighted by molar-refractivity contribution is -0.243. The van der Waals surface area contributed by atoms with Gasteiger partial charge in [0.1, 0.15) is 0 Å². The van der Waals surface area contributed by atoms with Crippen LogP contribution in [0.4, 0.5) is 0 Å². The molecule has 0 unspecified atom stereocenters. The molecule has 0 bridgehead atoms. The molecule has 110 valence electrons. The summed E-state index contributed by atoms with van der Waals surface area (Å²) in [6.07, 6.45) is 4.28. The highest BCUT2D eigenvalue weighted by molar-refractivity contribution is 6.30. The first kappa shape index (κ1) is 15.7. The minimum atomic E-state index is -0.188. The van der Waals surface area contributed by atoms with Gasteiger partial charge in [-0.25, -0.2) is 0 Å². The number of unbranched alkanes of at least 4 members (excludes halogenated alkanes) is 1. The standard InChI is InChI=1S/C19H21ClO/c1-3-4-5-15-6-8-16(9-7-15)12-17-10-11-18(20)13-19(17)14(2)21/h6-11,13,21H,2-5,12H2,1H3/p-1. The number of halogens is 1. The molecule has 0 saturated carbocycles. The summed E-state index contributed by atoms with van der Waals surface area (Å²) in [4.78, 5) is 0. The second kappa shape index (κ2) is 7.33. The third-order valence-electron chi connectivity index (χ3n) is 3.61. The molecule has 21 heavy (non-hydrogen) atoms. The first-order valence-corrected chi connectivity index (χ1v) is 7.70. The summed E-state index contributed by atoms with van der Waals surface area (Å²) in [6.45, 7) is 5.70. The molecular formula is C19H20ClO-. The predicted molar refractivity (Wildman–Crippen MR) is 88.3 cm³/mol. The second-order valence-corrected chi connectivity index (χ2v) is 5.76. The first-order valence-electron chi connectivity index (χ1n) is 7.32. The van der Waals surface area contributed by atoms with Crippen molar-refractivity contribution in [3.63, 3.8) is 0 Å². The zero-order chi connectivity index (χ0) is 15.2. The summed E-state index contributed by atoms with van der Waals surface area (Å²) >= 11 is 5.95. The zero-order valence-corrected chi connectivity index (χ0v) is 13.1. The van der Waals surface area contributed by atoms with Crippen molar-refractivity contribution in [3.05, 3.63) is 76.3 Å². The van der Waals surface area contributed by atoms with Gasteiger partial charge in [-0.2, -0.15) is 0 Å². The Morgan fingerprint density at radius 3 is 2.38 bits per heavy atom. The fourth-order valence-corrected chi connectivity index (χ4v) is 2.56. The minimum absolute atomic E-state index is 0.188. The van der Waals surface area contributed by atoms with Crippen LogP contribution in [0.2, 0.25) is 5.02 Å². The molecule has 2 rings (SSSR count). The molecule has 0 aromatic heterocycles. The van der Waals surface area contributed by atoms with Crippen molar-refractivity contribution in [2.24, 2.45) is 0 Å². The van der Waals surface area contributed by atoms with Crippen LogP contribution in [0, 0.1) is 0 Å². The van der Waals surface area contributed by atoms with Crippen LogP contribution >= 0.6 is 11.6 Å². The number of hydrogen-bond donors (Lipinski definition) is 0. The third kappa shape index (κ3) is 4.37. The fraction of sp³-hybridized carbons (Fsp3) is 0.263. The third-order valence-corrected chi connectivity index (χ3v) is 3.84. The van der Waals surface area contributed by atoms with Gasteiger partial charge in [-0.15, -0.1) is 12.3 Å². The van der Waals surface area contributed by atoms with Crippen LogP contribution in [0.15, 0.2) is 49.0 Å². The molecule has 0 N–H and O–H groups in total. The van der Waals surface area contributed by atoms with Gasteiger partial charge >= 0.3 is 0 Å². The number of aryl methyl sites for hydroxylation is 1. The molecule has 1 nitrogen and oxygen atoms in total. The Bertz CT molecular complexity index is 614. The molecule has 0 fully saturated rings. The van der Waals surface area contributed by atoms with E-state index >= 15 is 0 Å². The number of benzene rings is 2. The molecule has 2 heteroatoms. The van der Waals surface area contributed by atoms with Crippen LogP contribution in [0.3, 0.4) is 0 Å². The summed E-state index contributed by atoms with van der Waals surface area (Å²) in [7, 11) is 0. The summed E-state index contributed by atoms with van der Waals surface area (Å²) in [5.41, 5.74) is 4.14. The smallest absolute Gasteiger partial charge is 0.0411 e. The van der Waals surface area contributed by atoms with E-state index in [-0.39, 0.29) is 5.76 Å². The van der Waals surface area contributed by atoms with E-state index in [2.05, 4.69) is 37.8 Å². The second-order valence-electron chi connectivity index (χ2n) is 5.32. The van der Waals surface area contributed by atoms with E-state index in [4.69, 9.17) is 11.6 Å². The average molecular weight is 300 g/mol. The van der Waals surface area contributed by atoms with Gasteiger partial charge in [-0.05, 0) is 53.6 Å².